The summed E-state index contributed by atoms with van der Waals surface area (Å²) in [4.78, 5) is 37.4. The molecule has 0 fully saturated rings. The van der Waals surface area contributed by atoms with Crippen LogP contribution in [0.5, 0.6) is 5.75 Å². The predicted molar refractivity (Wildman–Crippen MR) is 164 cm³/mol. The number of esters is 1. The monoisotopic (exact) mass is 582 g/mol. The first-order valence-corrected chi connectivity index (χ1v) is 14.5. The molecule has 1 aromatic carbocycles. The molecule has 1 aliphatic heterocycles. The van der Waals surface area contributed by atoms with E-state index in [1.165, 1.54) is 13.2 Å². The van der Waals surface area contributed by atoms with E-state index in [-0.39, 0.29) is 24.0 Å². The number of hydrogen-bond acceptors (Lipinski definition) is 7. The van der Waals surface area contributed by atoms with Gasteiger partial charge in [-0.1, -0.05) is 56.4 Å². The highest BCUT2D eigenvalue weighted by Gasteiger charge is 2.29. The quantitative estimate of drug-likeness (QED) is 0.277. The van der Waals surface area contributed by atoms with E-state index < -0.39 is 36.2 Å². The van der Waals surface area contributed by atoms with E-state index in [0.29, 0.717) is 37.8 Å². The molecular weight excluding hydrogens is 536 g/mol. The van der Waals surface area contributed by atoms with Gasteiger partial charge < -0.3 is 30.3 Å². The molecule has 1 heterocycles. The molecule has 2 bridgehead atoms. The van der Waals surface area contributed by atoms with Crippen LogP contribution in [-0.4, -0.2) is 59.5 Å². The number of aliphatic hydroxyl groups is 1. The molecule has 0 aromatic heterocycles. The number of amides is 2. The van der Waals surface area contributed by atoms with Crippen molar-refractivity contribution in [3.63, 3.8) is 0 Å². The van der Waals surface area contributed by atoms with Gasteiger partial charge in [0.1, 0.15) is 17.9 Å². The van der Waals surface area contributed by atoms with E-state index in [0.717, 1.165) is 11.1 Å². The van der Waals surface area contributed by atoms with E-state index in [1.54, 1.807) is 37.3 Å². The minimum atomic E-state index is -0.876. The molecule has 0 aliphatic carbocycles. The fraction of sp³-hybridized carbons (Fsp3) is 0.485. The maximum atomic E-state index is 12.9. The SMILES string of the molecule is CCCC(=O)N[C@H](C)C(=O)O[C@H]1C\C=C/C=C\C=C/[C@H](OC)CC(=O)Nc2cc(O)cc(c2)CC/C=C(/C)[C@H](O)[C@H]1C. The Labute approximate surface area is 249 Å². The minimum Gasteiger partial charge on any atom is -0.508 e. The topological polar surface area (TPSA) is 134 Å². The minimum absolute atomic E-state index is 0.0427. The van der Waals surface area contributed by atoms with Crippen LogP contribution in [-0.2, 0) is 30.3 Å². The largest absolute Gasteiger partial charge is 0.508 e. The van der Waals surface area contributed by atoms with Crippen molar-refractivity contribution in [2.75, 3.05) is 12.4 Å². The Kier molecular flexibility index (Phi) is 14.8. The molecule has 2 amide bonds. The molecule has 0 unspecified atom stereocenters. The van der Waals surface area contributed by atoms with Gasteiger partial charge >= 0.3 is 5.97 Å². The van der Waals surface area contributed by atoms with Crippen LogP contribution in [0.3, 0.4) is 0 Å². The van der Waals surface area contributed by atoms with Crippen LogP contribution in [0.25, 0.3) is 0 Å². The van der Waals surface area contributed by atoms with Crippen LogP contribution in [0.1, 0.15) is 65.4 Å². The molecule has 0 spiro atoms. The summed E-state index contributed by atoms with van der Waals surface area (Å²) >= 11 is 0. The highest BCUT2D eigenvalue weighted by atomic mass is 16.5. The molecule has 0 saturated heterocycles. The van der Waals surface area contributed by atoms with Crippen LogP contribution in [0.15, 0.2) is 66.3 Å². The second-order valence-electron chi connectivity index (χ2n) is 10.7. The summed E-state index contributed by atoms with van der Waals surface area (Å²) in [6, 6.07) is 4.13. The van der Waals surface area contributed by atoms with Crippen LogP contribution in [0, 0.1) is 5.92 Å². The molecule has 9 nitrogen and oxygen atoms in total. The Hall–Kier alpha value is -3.69. The van der Waals surface area contributed by atoms with Crippen molar-refractivity contribution in [3.8, 4) is 5.75 Å². The van der Waals surface area contributed by atoms with E-state index in [4.69, 9.17) is 9.47 Å². The molecule has 0 radical (unpaired) electrons. The van der Waals surface area contributed by atoms with E-state index in [2.05, 4.69) is 10.6 Å². The van der Waals surface area contributed by atoms with E-state index >= 15 is 0 Å². The van der Waals surface area contributed by atoms with Gasteiger partial charge in [-0.3, -0.25) is 9.59 Å². The van der Waals surface area contributed by atoms with Crippen molar-refractivity contribution >= 4 is 23.5 Å². The first-order valence-electron chi connectivity index (χ1n) is 14.5. The maximum Gasteiger partial charge on any atom is 0.328 e. The van der Waals surface area contributed by atoms with Crippen LogP contribution < -0.4 is 10.6 Å². The van der Waals surface area contributed by atoms with Crippen LogP contribution in [0.4, 0.5) is 5.69 Å². The number of phenols is 1. The Bertz CT molecular complexity index is 1170. The molecule has 9 heteroatoms. The Morgan fingerprint density at radius 2 is 1.90 bits per heavy atom. The van der Waals surface area contributed by atoms with Gasteiger partial charge in [0, 0.05) is 37.6 Å². The Morgan fingerprint density at radius 3 is 2.62 bits per heavy atom. The van der Waals surface area contributed by atoms with Crippen molar-refractivity contribution in [2.24, 2.45) is 5.92 Å². The number of ether oxygens (including phenoxy) is 2. The highest BCUT2D eigenvalue weighted by molar-refractivity contribution is 5.91. The number of nitrogens with one attached hydrogen (secondary N) is 2. The number of benzene rings is 1. The van der Waals surface area contributed by atoms with Gasteiger partial charge in [-0.05, 0) is 56.4 Å². The summed E-state index contributed by atoms with van der Waals surface area (Å²) in [7, 11) is 1.53. The first-order chi connectivity index (χ1) is 20.0. The van der Waals surface area contributed by atoms with Crippen molar-refractivity contribution in [1.82, 2.24) is 5.32 Å². The molecule has 1 aliphatic rings. The number of aromatic hydroxyl groups is 1. The second kappa shape index (κ2) is 18.0. The van der Waals surface area contributed by atoms with Gasteiger partial charge in [0.2, 0.25) is 11.8 Å². The molecule has 0 saturated carbocycles. The first kappa shape index (κ1) is 34.5. The lowest BCUT2D eigenvalue weighted by Crippen LogP contribution is -2.43. The summed E-state index contributed by atoms with van der Waals surface area (Å²) in [5, 5.41) is 26.9. The summed E-state index contributed by atoms with van der Waals surface area (Å²) in [5.74, 6) is -1.41. The number of methoxy groups -OCH3 is 1. The number of hydrogen-bond donors (Lipinski definition) is 4. The van der Waals surface area contributed by atoms with Crippen LogP contribution in [0.2, 0.25) is 0 Å². The molecule has 5 atom stereocenters. The zero-order valence-corrected chi connectivity index (χ0v) is 25.3. The maximum absolute atomic E-state index is 12.9. The third-order valence-corrected chi connectivity index (χ3v) is 7.04. The molecule has 4 N–H and O–H groups in total. The van der Waals surface area contributed by atoms with Crippen molar-refractivity contribution in [2.45, 2.75) is 90.6 Å². The van der Waals surface area contributed by atoms with Crippen molar-refractivity contribution < 1.29 is 34.1 Å². The molecule has 230 valence electrons. The number of rotatable bonds is 6. The number of aryl methyl sites for hydroxylation is 1. The highest BCUT2D eigenvalue weighted by Crippen LogP contribution is 2.24. The predicted octanol–water partition coefficient (Wildman–Crippen LogP) is 4.90. The lowest BCUT2D eigenvalue weighted by Gasteiger charge is -2.29. The third kappa shape index (κ3) is 12.0. The Morgan fingerprint density at radius 1 is 1.17 bits per heavy atom. The van der Waals surface area contributed by atoms with Crippen LogP contribution >= 0.6 is 0 Å². The number of allylic oxidation sites excluding steroid dienone is 5. The van der Waals surface area contributed by atoms with E-state index in [9.17, 15) is 24.6 Å². The number of carbonyl (C=O) groups is 3. The van der Waals surface area contributed by atoms with Crippen molar-refractivity contribution in [1.29, 1.82) is 0 Å². The Balaban J connectivity index is 2.31. The fourth-order valence-corrected chi connectivity index (χ4v) is 4.55. The van der Waals surface area contributed by atoms with Gasteiger partial charge in [0.15, 0.2) is 0 Å². The number of aliphatic hydroxyl groups excluding tert-OH is 1. The number of phenolic OH excluding ortho intramolecular Hbond substituents is 1. The summed E-state index contributed by atoms with van der Waals surface area (Å²) in [5.41, 5.74) is 2.04. The van der Waals surface area contributed by atoms with Crippen molar-refractivity contribution in [3.05, 3.63) is 71.9 Å². The zero-order chi connectivity index (χ0) is 31.1. The standard InChI is InChI=1S/C33H46N2O7/c1-6-13-30(37)34-24(4)33(40)42-29-17-11-9-7-8-10-16-28(41-5)21-31(38)35-26-18-25(19-27(36)20-26)15-12-14-22(2)32(39)23(29)3/h7-11,14,16,18-20,23-24,28-29,32,36,39H,6,12-13,15,17,21H2,1-5H3,(H,34,37)(H,35,38)/b8-7-,11-9-,16-10-,22-14-/t23-,24+,28-,29-,32-/m0/s1. The average molecular weight is 583 g/mol. The fourth-order valence-electron chi connectivity index (χ4n) is 4.55. The van der Waals surface area contributed by atoms with Gasteiger partial charge in [0.25, 0.3) is 0 Å². The molecular formula is C33H46N2O7. The van der Waals surface area contributed by atoms with Gasteiger partial charge in [-0.15, -0.1) is 0 Å². The average Bonchev–Trinajstić information content (AvgIpc) is 2.93. The number of carbonyl (C=O) groups excluding carboxylic acids is 3. The molecule has 42 heavy (non-hydrogen) atoms. The lowest BCUT2D eigenvalue weighted by molar-refractivity contribution is -0.156. The summed E-state index contributed by atoms with van der Waals surface area (Å²) in [6.07, 6.45) is 13.4. The molecule has 1 aromatic rings. The number of fused-ring (bicyclic) bond motifs is 2. The second-order valence-corrected chi connectivity index (χ2v) is 10.7. The molecule has 2 rings (SSSR count). The zero-order valence-electron chi connectivity index (χ0n) is 25.3. The number of anilines is 1. The van der Waals surface area contributed by atoms with Gasteiger partial charge in [0.05, 0.1) is 18.6 Å². The third-order valence-electron chi connectivity index (χ3n) is 7.04. The normalized spacial score (nSPS) is 26.7. The lowest BCUT2D eigenvalue weighted by atomic mass is 9.90. The smallest absolute Gasteiger partial charge is 0.328 e. The van der Waals surface area contributed by atoms with E-state index in [1.807, 2.05) is 45.1 Å². The summed E-state index contributed by atoms with van der Waals surface area (Å²) in [6.45, 7) is 7.13. The van der Waals surface area contributed by atoms with Gasteiger partial charge in [-0.25, -0.2) is 4.79 Å². The van der Waals surface area contributed by atoms with Gasteiger partial charge in [-0.2, -0.15) is 0 Å². The summed E-state index contributed by atoms with van der Waals surface area (Å²) < 4.78 is 11.2.